The zero-order valence-corrected chi connectivity index (χ0v) is 20.1. The van der Waals surface area contributed by atoms with Gasteiger partial charge in [-0.15, -0.1) is 0 Å². The zero-order chi connectivity index (χ0) is 22.7. The number of fused-ring (bicyclic) bond motifs is 1. The highest BCUT2D eigenvalue weighted by Crippen LogP contribution is 2.36. The Hall–Kier alpha value is -2.72. The van der Waals surface area contributed by atoms with Crippen molar-refractivity contribution in [1.29, 1.82) is 0 Å². The first-order chi connectivity index (χ1) is 15.6. The first kappa shape index (κ1) is 22.5. The molecule has 2 aromatic carbocycles. The van der Waals surface area contributed by atoms with Gasteiger partial charge in [0.15, 0.2) is 5.82 Å². The molecule has 0 spiro atoms. The van der Waals surface area contributed by atoms with Crippen LogP contribution in [0.5, 0.6) is 5.88 Å². The molecule has 32 heavy (non-hydrogen) atoms. The van der Waals surface area contributed by atoms with Crippen LogP contribution in [0.1, 0.15) is 66.2 Å². The smallest absolute Gasteiger partial charge is 0.221 e. The molecule has 1 aromatic heterocycles. The Labute approximate surface area is 192 Å². The highest BCUT2D eigenvalue weighted by atomic mass is 16.5. The minimum atomic E-state index is 0.413. The van der Waals surface area contributed by atoms with Crippen LogP contribution in [0.25, 0.3) is 11.4 Å². The summed E-state index contributed by atoms with van der Waals surface area (Å²) < 4.78 is 5.82. The molecule has 0 amide bonds. The average molecular weight is 430 g/mol. The first-order valence-corrected chi connectivity index (χ1v) is 11.9. The lowest BCUT2D eigenvalue weighted by atomic mass is 9.87. The Balaban J connectivity index is 1.69. The third-order valence-corrected chi connectivity index (χ3v) is 6.87. The van der Waals surface area contributed by atoms with Crippen LogP contribution in [0.2, 0.25) is 0 Å². The SMILES string of the molecule is CCc1cccc(CC)c1-c1nc(C)c(CN(C)C2CCCc3ccccc32)c(OC)n1. The van der Waals surface area contributed by atoms with Crippen molar-refractivity contribution in [3.8, 4) is 17.3 Å². The molecule has 1 unspecified atom stereocenters. The Morgan fingerprint density at radius 2 is 1.72 bits per heavy atom. The standard InChI is InChI=1S/C28H35N3O/c1-6-20-13-10-14-21(7-2)26(20)27-29-19(3)24(28(30-27)32-5)18-31(4)25-17-11-15-22-12-8-9-16-23(22)25/h8-10,12-14,16,25H,6-7,11,15,17-18H2,1-5H3. The second kappa shape index (κ2) is 9.83. The molecule has 0 N–H and O–H groups in total. The molecular weight excluding hydrogens is 394 g/mol. The topological polar surface area (TPSA) is 38.2 Å². The van der Waals surface area contributed by atoms with Gasteiger partial charge >= 0.3 is 0 Å². The molecule has 0 aliphatic heterocycles. The molecule has 1 aliphatic rings. The summed E-state index contributed by atoms with van der Waals surface area (Å²) in [5.74, 6) is 1.47. The fourth-order valence-corrected chi connectivity index (χ4v) is 5.11. The van der Waals surface area contributed by atoms with Crippen LogP contribution in [0, 0.1) is 6.92 Å². The van der Waals surface area contributed by atoms with Crippen molar-refractivity contribution in [2.45, 2.75) is 65.5 Å². The number of ether oxygens (including phenoxy) is 1. The lowest BCUT2D eigenvalue weighted by Crippen LogP contribution is -2.28. The molecule has 0 fully saturated rings. The average Bonchev–Trinajstić information content (AvgIpc) is 2.83. The van der Waals surface area contributed by atoms with Crippen LogP contribution in [-0.4, -0.2) is 29.0 Å². The normalized spacial score (nSPS) is 15.6. The van der Waals surface area contributed by atoms with Gasteiger partial charge in [-0.3, -0.25) is 4.90 Å². The molecule has 0 radical (unpaired) electrons. The van der Waals surface area contributed by atoms with E-state index in [2.05, 4.69) is 75.2 Å². The number of methoxy groups -OCH3 is 1. The molecule has 0 saturated carbocycles. The lowest BCUT2D eigenvalue weighted by molar-refractivity contribution is 0.209. The van der Waals surface area contributed by atoms with E-state index in [0.717, 1.165) is 36.5 Å². The zero-order valence-electron chi connectivity index (χ0n) is 20.1. The molecule has 0 bridgehead atoms. The molecule has 4 rings (SSSR count). The van der Waals surface area contributed by atoms with E-state index in [-0.39, 0.29) is 0 Å². The largest absolute Gasteiger partial charge is 0.481 e. The molecule has 4 heteroatoms. The summed E-state index contributed by atoms with van der Waals surface area (Å²) in [4.78, 5) is 12.3. The van der Waals surface area contributed by atoms with Gasteiger partial charge in [-0.2, -0.15) is 4.98 Å². The second-order valence-corrected chi connectivity index (χ2v) is 8.80. The third-order valence-electron chi connectivity index (χ3n) is 6.87. The maximum Gasteiger partial charge on any atom is 0.221 e. The van der Waals surface area contributed by atoms with Gasteiger partial charge < -0.3 is 4.74 Å². The number of aromatic nitrogens is 2. The minimum Gasteiger partial charge on any atom is -0.481 e. The summed E-state index contributed by atoms with van der Waals surface area (Å²) in [6, 6.07) is 15.8. The number of rotatable bonds is 7. The van der Waals surface area contributed by atoms with Gasteiger partial charge in [0, 0.05) is 29.4 Å². The molecule has 1 heterocycles. The van der Waals surface area contributed by atoms with Gasteiger partial charge in [0.1, 0.15) is 0 Å². The van der Waals surface area contributed by atoms with E-state index in [1.807, 2.05) is 0 Å². The lowest BCUT2D eigenvalue weighted by Gasteiger charge is -2.33. The molecular formula is C28H35N3O. The van der Waals surface area contributed by atoms with Crippen LogP contribution in [-0.2, 0) is 25.8 Å². The maximum atomic E-state index is 5.82. The summed E-state index contributed by atoms with van der Waals surface area (Å²) in [5, 5.41) is 0. The summed E-state index contributed by atoms with van der Waals surface area (Å²) in [6.07, 6.45) is 5.50. The Bertz CT molecular complexity index is 1070. The van der Waals surface area contributed by atoms with E-state index in [9.17, 15) is 0 Å². The van der Waals surface area contributed by atoms with Crippen LogP contribution in [0.4, 0.5) is 0 Å². The van der Waals surface area contributed by atoms with E-state index in [0.29, 0.717) is 11.9 Å². The summed E-state index contributed by atoms with van der Waals surface area (Å²) >= 11 is 0. The van der Waals surface area contributed by atoms with Crippen LogP contribution >= 0.6 is 0 Å². The number of hydrogen-bond acceptors (Lipinski definition) is 4. The number of benzene rings is 2. The number of aryl methyl sites for hydroxylation is 4. The molecule has 0 saturated heterocycles. The quantitative estimate of drug-likeness (QED) is 0.455. The van der Waals surface area contributed by atoms with Crippen molar-refractivity contribution in [1.82, 2.24) is 14.9 Å². The van der Waals surface area contributed by atoms with Crippen molar-refractivity contribution >= 4 is 0 Å². The first-order valence-electron chi connectivity index (χ1n) is 11.9. The fourth-order valence-electron chi connectivity index (χ4n) is 5.11. The van der Waals surface area contributed by atoms with Gasteiger partial charge in [0.25, 0.3) is 0 Å². The Morgan fingerprint density at radius 1 is 1.00 bits per heavy atom. The van der Waals surface area contributed by atoms with Gasteiger partial charge in [-0.1, -0.05) is 56.3 Å². The minimum absolute atomic E-state index is 0.413. The maximum absolute atomic E-state index is 5.82. The predicted octanol–water partition coefficient (Wildman–Crippen LogP) is 6.09. The van der Waals surface area contributed by atoms with E-state index < -0.39 is 0 Å². The summed E-state index contributed by atoms with van der Waals surface area (Å²) in [7, 11) is 3.93. The fraction of sp³-hybridized carbons (Fsp3) is 0.429. The number of nitrogens with zero attached hydrogens (tertiary/aromatic N) is 3. The van der Waals surface area contributed by atoms with Crippen molar-refractivity contribution in [2.75, 3.05) is 14.2 Å². The van der Waals surface area contributed by atoms with E-state index >= 15 is 0 Å². The van der Waals surface area contributed by atoms with Crippen molar-refractivity contribution in [3.05, 3.63) is 76.0 Å². The van der Waals surface area contributed by atoms with Gasteiger partial charge in [0.2, 0.25) is 5.88 Å². The summed E-state index contributed by atoms with van der Waals surface area (Å²) in [6.45, 7) is 7.23. The summed E-state index contributed by atoms with van der Waals surface area (Å²) in [5.41, 5.74) is 8.75. The Kier molecular flexibility index (Phi) is 6.90. The van der Waals surface area contributed by atoms with Crippen molar-refractivity contribution < 1.29 is 4.74 Å². The molecule has 3 aromatic rings. The van der Waals surface area contributed by atoms with Gasteiger partial charge in [-0.25, -0.2) is 4.98 Å². The molecule has 168 valence electrons. The van der Waals surface area contributed by atoms with Crippen LogP contribution in [0.15, 0.2) is 42.5 Å². The highest BCUT2D eigenvalue weighted by Gasteiger charge is 2.26. The Morgan fingerprint density at radius 3 is 2.41 bits per heavy atom. The predicted molar refractivity (Wildman–Crippen MR) is 131 cm³/mol. The van der Waals surface area contributed by atoms with Gasteiger partial charge in [-0.05, 0) is 68.3 Å². The van der Waals surface area contributed by atoms with Crippen molar-refractivity contribution in [3.63, 3.8) is 0 Å². The van der Waals surface area contributed by atoms with Crippen molar-refractivity contribution in [2.24, 2.45) is 0 Å². The molecule has 4 nitrogen and oxygen atoms in total. The van der Waals surface area contributed by atoms with E-state index in [1.165, 1.54) is 47.1 Å². The van der Waals surface area contributed by atoms with Crippen LogP contribution in [0.3, 0.4) is 0 Å². The number of hydrogen-bond donors (Lipinski definition) is 0. The monoisotopic (exact) mass is 429 g/mol. The second-order valence-electron chi connectivity index (χ2n) is 8.80. The van der Waals surface area contributed by atoms with Crippen LogP contribution < -0.4 is 4.74 Å². The molecule has 1 aliphatic carbocycles. The third kappa shape index (κ3) is 4.29. The van der Waals surface area contributed by atoms with Gasteiger partial charge in [0.05, 0.1) is 7.11 Å². The van der Waals surface area contributed by atoms with E-state index in [1.54, 1.807) is 7.11 Å². The van der Waals surface area contributed by atoms with E-state index in [4.69, 9.17) is 14.7 Å². The highest BCUT2D eigenvalue weighted by molar-refractivity contribution is 5.66. The molecule has 1 atom stereocenters.